The van der Waals surface area contributed by atoms with Gasteiger partial charge >= 0.3 is 0 Å². The average molecular weight is 85.1 g/mol. The van der Waals surface area contributed by atoms with E-state index in [1.165, 1.54) is 0 Å². The molecule has 6 heavy (non-hydrogen) atoms. The number of hydrogen-bond acceptors (Lipinski definition) is 2. The molecule has 1 aliphatic rings. The van der Waals surface area contributed by atoms with Gasteiger partial charge in [-0.3, -0.25) is 0 Å². The first-order valence-corrected chi connectivity index (χ1v) is 1.96. The molecule has 0 unspecified atom stereocenters. The van der Waals surface area contributed by atoms with E-state index in [0.29, 0.717) is 0 Å². The highest BCUT2D eigenvalue weighted by molar-refractivity contribution is 4.78. The fourth-order valence-electron chi connectivity index (χ4n) is 0.371. The second-order valence-corrected chi connectivity index (χ2v) is 1.25. The van der Waals surface area contributed by atoms with Crippen LogP contribution in [0.1, 0.15) is 6.92 Å². The lowest BCUT2D eigenvalue weighted by Crippen LogP contribution is -2.14. The van der Waals surface area contributed by atoms with Gasteiger partial charge < -0.3 is 10.1 Å². The van der Waals surface area contributed by atoms with E-state index < -0.39 is 0 Å². The van der Waals surface area contributed by atoms with Crippen LogP contribution in [0.15, 0.2) is 12.5 Å². The quantitative estimate of drug-likeness (QED) is 0.460. The van der Waals surface area contributed by atoms with Crippen molar-refractivity contribution in [2.24, 2.45) is 0 Å². The Morgan fingerprint density at radius 1 is 1.83 bits per heavy atom. The second kappa shape index (κ2) is 1.20. The average Bonchev–Trinajstić information content (AvgIpc) is 1.86. The van der Waals surface area contributed by atoms with E-state index in [1.807, 2.05) is 6.92 Å². The highest BCUT2D eigenvalue weighted by Gasteiger charge is 1.97. The molecule has 2 heteroatoms. The molecule has 1 aliphatic heterocycles. The van der Waals surface area contributed by atoms with Crippen LogP contribution in [0.25, 0.3) is 0 Å². The van der Waals surface area contributed by atoms with Crippen molar-refractivity contribution >= 4 is 0 Å². The van der Waals surface area contributed by atoms with Gasteiger partial charge in [-0.05, 0) is 6.92 Å². The summed E-state index contributed by atoms with van der Waals surface area (Å²) in [7, 11) is 0. The molecule has 0 saturated heterocycles. The third-order valence-electron chi connectivity index (χ3n) is 0.682. The van der Waals surface area contributed by atoms with Crippen LogP contribution in [0.3, 0.4) is 0 Å². The Bertz CT molecular complexity index is 61.9. The van der Waals surface area contributed by atoms with Gasteiger partial charge in [0.15, 0.2) is 6.23 Å². The van der Waals surface area contributed by atoms with Crippen LogP contribution in [0.5, 0.6) is 0 Å². The van der Waals surface area contributed by atoms with E-state index in [1.54, 1.807) is 12.5 Å². The molecule has 0 aliphatic carbocycles. The second-order valence-electron chi connectivity index (χ2n) is 1.25. The SMILES string of the molecule is C[C@@H]1NC=CO1. The summed E-state index contributed by atoms with van der Waals surface area (Å²) in [5.74, 6) is 0. The highest BCUT2D eigenvalue weighted by Crippen LogP contribution is 1.91. The Labute approximate surface area is 36.8 Å². The lowest BCUT2D eigenvalue weighted by atomic mass is 10.7. The van der Waals surface area contributed by atoms with Crippen LogP contribution in [0.2, 0.25) is 0 Å². The molecule has 2 nitrogen and oxygen atoms in total. The summed E-state index contributed by atoms with van der Waals surface area (Å²) < 4.78 is 4.86. The smallest absolute Gasteiger partial charge is 0.165 e. The molecule has 0 bridgehead atoms. The van der Waals surface area contributed by atoms with Gasteiger partial charge in [0.2, 0.25) is 0 Å². The fraction of sp³-hybridized carbons (Fsp3) is 0.500. The van der Waals surface area contributed by atoms with Crippen LogP contribution >= 0.6 is 0 Å². The Kier molecular flexibility index (Phi) is 0.708. The topological polar surface area (TPSA) is 21.3 Å². The predicted octanol–water partition coefficient (Wildman–Crippen LogP) is 0.423. The number of rotatable bonds is 0. The molecule has 0 aromatic heterocycles. The molecule has 0 spiro atoms. The normalized spacial score (nSPS) is 29.2. The van der Waals surface area contributed by atoms with Gasteiger partial charge in [0.1, 0.15) is 6.26 Å². The molecule has 1 rings (SSSR count). The molecule has 0 saturated carbocycles. The van der Waals surface area contributed by atoms with Gasteiger partial charge in [0.05, 0.1) is 0 Å². The van der Waals surface area contributed by atoms with E-state index in [9.17, 15) is 0 Å². The van der Waals surface area contributed by atoms with Crippen molar-refractivity contribution < 1.29 is 4.74 Å². The lowest BCUT2D eigenvalue weighted by molar-refractivity contribution is 0.171. The Morgan fingerprint density at radius 2 is 2.67 bits per heavy atom. The minimum Gasteiger partial charge on any atom is -0.477 e. The van der Waals surface area contributed by atoms with Gasteiger partial charge in [0.25, 0.3) is 0 Å². The minimum atomic E-state index is 0.185. The molecule has 1 N–H and O–H groups in total. The maximum absolute atomic E-state index is 4.86. The van der Waals surface area contributed by atoms with Crippen LogP contribution in [-0.2, 0) is 4.74 Å². The number of ether oxygens (including phenoxy) is 1. The van der Waals surface area contributed by atoms with Crippen molar-refractivity contribution in [2.75, 3.05) is 0 Å². The van der Waals surface area contributed by atoms with Crippen molar-refractivity contribution in [3.63, 3.8) is 0 Å². The van der Waals surface area contributed by atoms with E-state index >= 15 is 0 Å². The molecular formula is C4H7NO. The molecule has 0 radical (unpaired) electrons. The van der Waals surface area contributed by atoms with Gasteiger partial charge in [-0.1, -0.05) is 0 Å². The van der Waals surface area contributed by atoms with Crippen LogP contribution in [0.4, 0.5) is 0 Å². The van der Waals surface area contributed by atoms with Gasteiger partial charge in [-0.2, -0.15) is 0 Å². The summed E-state index contributed by atoms with van der Waals surface area (Å²) >= 11 is 0. The van der Waals surface area contributed by atoms with E-state index in [2.05, 4.69) is 5.32 Å². The monoisotopic (exact) mass is 85.1 g/mol. The molecule has 0 amide bonds. The van der Waals surface area contributed by atoms with Gasteiger partial charge in [0, 0.05) is 6.20 Å². The number of nitrogens with one attached hydrogen (secondary N) is 1. The summed E-state index contributed by atoms with van der Waals surface area (Å²) in [5.41, 5.74) is 0. The summed E-state index contributed by atoms with van der Waals surface area (Å²) in [6.07, 6.45) is 3.61. The van der Waals surface area contributed by atoms with E-state index in [4.69, 9.17) is 4.74 Å². The summed E-state index contributed by atoms with van der Waals surface area (Å²) in [6.45, 7) is 1.94. The third-order valence-corrected chi connectivity index (χ3v) is 0.682. The van der Waals surface area contributed by atoms with Crippen molar-refractivity contribution in [1.82, 2.24) is 5.32 Å². The van der Waals surface area contributed by atoms with Crippen LogP contribution in [-0.4, -0.2) is 6.23 Å². The molecular weight excluding hydrogens is 78.0 g/mol. The Balaban J connectivity index is 2.32. The highest BCUT2D eigenvalue weighted by atomic mass is 16.5. The molecule has 0 fully saturated rings. The molecule has 1 heterocycles. The minimum absolute atomic E-state index is 0.185. The largest absolute Gasteiger partial charge is 0.477 e. The summed E-state index contributed by atoms with van der Waals surface area (Å²) in [4.78, 5) is 0. The van der Waals surface area contributed by atoms with Crippen molar-refractivity contribution in [3.8, 4) is 0 Å². The van der Waals surface area contributed by atoms with Crippen molar-refractivity contribution in [3.05, 3.63) is 12.5 Å². The molecule has 1 atom stereocenters. The van der Waals surface area contributed by atoms with Crippen molar-refractivity contribution in [1.29, 1.82) is 0 Å². The van der Waals surface area contributed by atoms with Gasteiger partial charge in [-0.15, -0.1) is 0 Å². The fourth-order valence-corrected chi connectivity index (χ4v) is 0.371. The van der Waals surface area contributed by atoms with Gasteiger partial charge in [-0.25, -0.2) is 0 Å². The first kappa shape index (κ1) is 3.53. The standard InChI is InChI=1S/C4H7NO/c1-4-5-2-3-6-4/h2-5H,1H3/t4-/m1/s1. The zero-order chi connectivity index (χ0) is 4.41. The van der Waals surface area contributed by atoms with E-state index in [-0.39, 0.29) is 6.23 Å². The summed E-state index contributed by atoms with van der Waals surface area (Å²) in [5, 5.41) is 2.92. The van der Waals surface area contributed by atoms with Crippen molar-refractivity contribution in [2.45, 2.75) is 13.2 Å². The molecule has 0 aromatic rings. The Hall–Kier alpha value is -0.660. The Morgan fingerprint density at radius 3 is 2.83 bits per heavy atom. The van der Waals surface area contributed by atoms with E-state index in [0.717, 1.165) is 0 Å². The maximum atomic E-state index is 4.86. The first-order chi connectivity index (χ1) is 2.89. The predicted molar refractivity (Wildman–Crippen MR) is 22.8 cm³/mol. The number of hydrogen-bond donors (Lipinski definition) is 1. The third kappa shape index (κ3) is 0.455. The maximum Gasteiger partial charge on any atom is 0.165 e. The van der Waals surface area contributed by atoms with Crippen LogP contribution < -0.4 is 5.32 Å². The zero-order valence-corrected chi connectivity index (χ0v) is 3.64. The summed E-state index contributed by atoms with van der Waals surface area (Å²) in [6, 6.07) is 0. The lowest BCUT2D eigenvalue weighted by Gasteiger charge is -1.99. The zero-order valence-electron chi connectivity index (χ0n) is 3.64. The van der Waals surface area contributed by atoms with Crippen LogP contribution in [0, 0.1) is 0 Å². The first-order valence-electron chi connectivity index (χ1n) is 1.96. The molecule has 34 valence electrons. The molecule has 0 aromatic carbocycles.